The van der Waals surface area contributed by atoms with Crippen LogP contribution in [0.4, 0.5) is 4.79 Å². The van der Waals surface area contributed by atoms with Crippen molar-refractivity contribution < 1.29 is 20.1 Å². The minimum Gasteiger partial charge on any atom is -0.450 e. The third kappa shape index (κ3) is 87500. The van der Waals surface area contributed by atoms with Crippen molar-refractivity contribution in [3.05, 3.63) is 12.7 Å². The average molecular weight is 165 g/mol. The lowest BCUT2D eigenvalue weighted by molar-refractivity contribution is 0.137. The van der Waals surface area contributed by atoms with E-state index in [9.17, 15) is 0 Å². The van der Waals surface area contributed by atoms with E-state index in [1.165, 1.54) is 0 Å². The number of hydrogen-bond acceptors (Lipinski definition) is 3. The molecule has 0 amide bonds. The van der Waals surface area contributed by atoms with E-state index in [0.29, 0.717) is 6.54 Å². The molecule has 11 heavy (non-hydrogen) atoms. The summed E-state index contributed by atoms with van der Waals surface area (Å²) in [6.07, 6.45) is -0.0833. The van der Waals surface area contributed by atoms with Crippen LogP contribution in [0.25, 0.3) is 0 Å². The first-order valence-corrected chi connectivity index (χ1v) is 2.86. The molecule has 0 aliphatic heterocycles. The molecule has 0 unspecified atom stereocenters. The van der Waals surface area contributed by atoms with Gasteiger partial charge >= 0.3 is 6.16 Å². The summed E-state index contributed by atoms with van der Waals surface area (Å²) < 4.78 is 0. The van der Waals surface area contributed by atoms with Gasteiger partial charge in [-0.2, -0.15) is 0 Å². The van der Waals surface area contributed by atoms with Gasteiger partial charge < -0.3 is 21.1 Å². The summed E-state index contributed by atoms with van der Waals surface area (Å²) in [5.41, 5.74) is 4.78. The van der Waals surface area contributed by atoms with Gasteiger partial charge in [-0.15, -0.1) is 6.58 Å². The van der Waals surface area contributed by atoms with Crippen molar-refractivity contribution in [3.8, 4) is 0 Å². The average Bonchev–Trinajstić information content (AvgIpc) is 1.88. The van der Waals surface area contributed by atoms with E-state index in [1.807, 2.05) is 6.92 Å². The molecule has 0 radical (unpaired) electrons. The third-order valence-corrected chi connectivity index (χ3v) is 0.129. The van der Waals surface area contributed by atoms with E-state index in [0.717, 1.165) is 0 Å². The maximum Gasteiger partial charge on any atom is 0.503 e. The molecule has 0 saturated carbocycles. The van der Waals surface area contributed by atoms with Crippen molar-refractivity contribution in [2.24, 2.45) is 5.73 Å². The number of carbonyl (C=O) groups is 1. The SMILES string of the molecule is C=CC.NCCO.O=C(O)O. The predicted octanol–water partition coefficient (Wildman–Crippen LogP) is 0.352. The highest BCUT2D eigenvalue weighted by Crippen LogP contribution is 1.42. The van der Waals surface area contributed by atoms with Gasteiger partial charge in [0, 0.05) is 6.54 Å². The number of carboxylic acid groups (broad SMARTS) is 2. The highest BCUT2D eigenvalue weighted by Gasteiger charge is 1.70. The van der Waals surface area contributed by atoms with E-state index >= 15 is 0 Å². The van der Waals surface area contributed by atoms with Gasteiger partial charge in [0.1, 0.15) is 0 Å². The van der Waals surface area contributed by atoms with E-state index in [1.54, 1.807) is 6.08 Å². The van der Waals surface area contributed by atoms with Gasteiger partial charge in [-0.3, -0.25) is 0 Å². The van der Waals surface area contributed by atoms with Crippen LogP contribution in [0, 0.1) is 0 Å². The zero-order chi connectivity index (χ0) is 9.70. The van der Waals surface area contributed by atoms with Crippen LogP contribution in [0.15, 0.2) is 12.7 Å². The molecule has 0 fully saturated rings. The zero-order valence-electron chi connectivity index (χ0n) is 6.53. The lowest BCUT2D eigenvalue weighted by atomic mass is 10.8. The second-order valence-corrected chi connectivity index (χ2v) is 1.20. The van der Waals surface area contributed by atoms with E-state index in [2.05, 4.69) is 6.58 Å². The molecule has 68 valence electrons. The van der Waals surface area contributed by atoms with Crippen molar-refractivity contribution in [1.82, 2.24) is 0 Å². The quantitative estimate of drug-likeness (QED) is 0.420. The molecule has 0 aromatic carbocycles. The Morgan fingerprint density at radius 3 is 1.73 bits per heavy atom. The molecule has 0 heterocycles. The van der Waals surface area contributed by atoms with Crippen LogP contribution in [0.2, 0.25) is 0 Å². The molecule has 5 nitrogen and oxygen atoms in total. The summed E-state index contributed by atoms with van der Waals surface area (Å²) in [4.78, 5) is 8.56. The van der Waals surface area contributed by atoms with Gasteiger partial charge in [-0.25, -0.2) is 4.79 Å². The molecule has 0 saturated heterocycles. The summed E-state index contributed by atoms with van der Waals surface area (Å²) in [7, 11) is 0. The Labute approximate surface area is 65.8 Å². The zero-order valence-corrected chi connectivity index (χ0v) is 6.53. The van der Waals surface area contributed by atoms with Crippen molar-refractivity contribution in [2.45, 2.75) is 6.92 Å². The fraction of sp³-hybridized carbons (Fsp3) is 0.500. The Morgan fingerprint density at radius 1 is 1.64 bits per heavy atom. The van der Waals surface area contributed by atoms with Crippen LogP contribution < -0.4 is 5.73 Å². The molecule has 0 aromatic heterocycles. The Kier molecular flexibility index (Phi) is 34.6. The molecule has 0 bridgehead atoms. The molecule has 5 heteroatoms. The first-order chi connectivity index (χ1) is 5.06. The van der Waals surface area contributed by atoms with Crippen molar-refractivity contribution >= 4 is 6.16 Å². The van der Waals surface area contributed by atoms with Crippen LogP contribution in [0.5, 0.6) is 0 Å². The molecule has 0 aromatic rings. The molecular weight excluding hydrogens is 150 g/mol. The van der Waals surface area contributed by atoms with Crippen LogP contribution in [-0.2, 0) is 0 Å². The maximum absolute atomic E-state index is 8.56. The highest BCUT2D eigenvalue weighted by molar-refractivity contribution is 5.53. The van der Waals surface area contributed by atoms with Crippen LogP contribution in [0.1, 0.15) is 6.92 Å². The Balaban J connectivity index is -0.0000000886. The number of allylic oxidation sites excluding steroid dienone is 1. The number of aliphatic hydroxyl groups excluding tert-OH is 1. The van der Waals surface area contributed by atoms with Gasteiger partial charge in [0.2, 0.25) is 0 Å². The fourth-order valence-electron chi connectivity index (χ4n) is 0. The third-order valence-electron chi connectivity index (χ3n) is 0.129. The monoisotopic (exact) mass is 165 g/mol. The fourth-order valence-corrected chi connectivity index (χ4v) is 0. The van der Waals surface area contributed by atoms with Gasteiger partial charge in [0.15, 0.2) is 0 Å². The Bertz CT molecular complexity index is 78.7. The van der Waals surface area contributed by atoms with Gasteiger partial charge in [0.05, 0.1) is 6.61 Å². The molecule has 0 aliphatic carbocycles. The topological polar surface area (TPSA) is 104 Å². The lowest BCUT2D eigenvalue weighted by Crippen LogP contribution is -2.02. The molecule has 5 N–H and O–H groups in total. The largest absolute Gasteiger partial charge is 0.503 e. The second kappa shape index (κ2) is 23.1. The summed E-state index contributed by atoms with van der Waals surface area (Å²) in [5, 5.41) is 21.7. The van der Waals surface area contributed by atoms with Gasteiger partial charge in [-0.1, -0.05) is 6.08 Å². The molecule has 0 aliphatic rings. The summed E-state index contributed by atoms with van der Waals surface area (Å²) in [5.74, 6) is 0. The lowest BCUT2D eigenvalue weighted by Gasteiger charge is -1.71. The van der Waals surface area contributed by atoms with Gasteiger partial charge in [0.25, 0.3) is 0 Å². The number of aliphatic hydroxyl groups is 1. The normalized spacial score (nSPS) is 6.09. The summed E-state index contributed by atoms with van der Waals surface area (Å²) in [6.45, 7) is 5.72. The molecule has 0 spiro atoms. The summed E-state index contributed by atoms with van der Waals surface area (Å²) >= 11 is 0. The van der Waals surface area contributed by atoms with E-state index < -0.39 is 6.16 Å². The van der Waals surface area contributed by atoms with E-state index in [4.69, 9.17) is 25.8 Å². The predicted molar refractivity (Wildman–Crippen MR) is 42.7 cm³/mol. The minimum atomic E-state index is -1.83. The number of nitrogens with two attached hydrogens (primary N) is 1. The molecule has 0 rings (SSSR count). The van der Waals surface area contributed by atoms with Crippen molar-refractivity contribution in [2.75, 3.05) is 13.2 Å². The number of hydrogen-bond donors (Lipinski definition) is 4. The highest BCUT2D eigenvalue weighted by atomic mass is 16.6. The molecular formula is C6H15NO4. The van der Waals surface area contributed by atoms with Crippen molar-refractivity contribution in [1.29, 1.82) is 0 Å². The summed E-state index contributed by atoms with van der Waals surface area (Å²) in [6, 6.07) is 0. The van der Waals surface area contributed by atoms with Crippen LogP contribution in [-0.4, -0.2) is 34.6 Å². The Morgan fingerprint density at radius 2 is 1.73 bits per heavy atom. The van der Waals surface area contributed by atoms with Crippen molar-refractivity contribution in [3.63, 3.8) is 0 Å². The smallest absolute Gasteiger partial charge is 0.450 e. The standard InChI is InChI=1S/C3H6.C2H7NO.CH2O3/c1-3-2;3-1-2-4;2-1(3)4/h3H,1H2,2H3;4H,1-3H2;(H2,2,3,4). The first kappa shape index (κ1) is 16.5. The van der Waals surface area contributed by atoms with Crippen LogP contribution in [0.3, 0.4) is 0 Å². The van der Waals surface area contributed by atoms with E-state index in [-0.39, 0.29) is 6.61 Å². The molecule has 0 atom stereocenters. The number of rotatable bonds is 1. The Hall–Kier alpha value is -1.07. The minimum absolute atomic E-state index is 0.0972. The second-order valence-electron chi connectivity index (χ2n) is 1.20. The first-order valence-electron chi connectivity index (χ1n) is 2.86. The maximum atomic E-state index is 8.56. The van der Waals surface area contributed by atoms with Crippen LogP contribution >= 0.6 is 0 Å². The van der Waals surface area contributed by atoms with Gasteiger partial charge in [-0.05, 0) is 6.92 Å².